The number of hydrogen-bond donors (Lipinski definition) is 1. The van der Waals surface area contributed by atoms with Gasteiger partial charge < -0.3 is 15.4 Å². The van der Waals surface area contributed by atoms with Crippen LogP contribution in [0.3, 0.4) is 0 Å². The van der Waals surface area contributed by atoms with Gasteiger partial charge in [0.15, 0.2) is 0 Å². The number of aromatic nitrogens is 1. The first-order valence-corrected chi connectivity index (χ1v) is 5.21. The molecule has 1 amide bonds. The van der Waals surface area contributed by atoms with Gasteiger partial charge in [-0.25, -0.2) is 4.98 Å². The first kappa shape index (κ1) is 15.7. The smallest absolute Gasteiger partial charge is 0.272 e. The van der Waals surface area contributed by atoms with Crippen molar-refractivity contribution in [3.05, 3.63) is 23.9 Å². The van der Waals surface area contributed by atoms with Gasteiger partial charge in [-0.1, -0.05) is 6.07 Å². The third-order valence-corrected chi connectivity index (χ3v) is 2.11. The van der Waals surface area contributed by atoms with Gasteiger partial charge in [0.05, 0.1) is 6.61 Å². The predicted octanol–water partition coefficient (Wildman–Crippen LogP) is 1.19. The number of carbonyl (C=O) groups is 1. The van der Waals surface area contributed by atoms with Crippen LogP contribution in [0.5, 0.6) is 0 Å². The lowest BCUT2D eigenvalue weighted by Gasteiger charge is -2.16. The number of anilines is 1. The summed E-state index contributed by atoms with van der Waals surface area (Å²) in [6.45, 7) is 3.64. The van der Waals surface area contributed by atoms with Crippen LogP contribution in [0.2, 0.25) is 0 Å². The van der Waals surface area contributed by atoms with Gasteiger partial charge in [-0.3, -0.25) is 4.79 Å². The van der Waals surface area contributed by atoms with Crippen LogP contribution in [0.25, 0.3) is 0 Å². The van der Waals surface area contributed by atoms with Gasteiger partial charge in [-0.05, 0) is 19.1 Å². The fourth-order valence-corrected chi connectivity index (χ4v) is 1.21. The highest BCUT2D eigenvalue weighted by atomic mass is 35.5. The molecule has 1 aromatic heterocycles. The van der Waals surface area contributed by atoms with E-state index in [1.807, 2.05) is 6.92 Å². The van der Waals surface area contributed by atoms with E-state index < -0.39 is 0 Å². The van der Waals surface area contributed by atoms with Gasteiger partial charge in [0.2, 0.25) is 0 Å². The van der Waals surface area contributed by atoms with E-state index in [1.165, 1.54) is 0 Å². The molecule has 0 aliphatic heterocycles. The number of nitrogen functional groups attached to an aromatic ring is 1. The van der Waals surface area contributed by atoms with Gasteiger partial charge >= 0.3 is 0 Å². The molecular weight excluding hydrogens is 242 g/mol. The molecule has 0 aliphatic carbocycles. The summed E-state index contributed by atoms with van der Waals surface area (Å²) in [4.78, 5) is 17.4. The summed E-state index contributed by atoms with van der Waals surface area (Å²) in [5.74, 6) is 0.205. The maximum Gasteiger partial charge on any atom is 0.272 e. The molecular formula is C11H18ClN3O2. The second kappa shape index (κ2) is 7.86. The van der Waals surface area contributed by atoms with Crippen molar-refractivity contribution in [2.75, 3.05) is 32.5 Å². The summed E-state index contributed by atoms with van der Waals surface area (Å²) in [5.41, 5.74) is 5.87. The van der Waals surface area contributed by atoms with Crippen molar-refractivity contribution < 1.29 is 9.53 Å². The molecule has 0 spiro atoms. The maximum absolute atomic E-state index is 11.8. The molecule has 0 radical (unpaired) electrons. The fraction of sp³-hybridized carbons (Fsp3) is 0.455. The quantitative estimate of drug-likeness (QED) is 0.807. The third kappa shape index (κ3) is 5.01. The molecule has 2 N–H and O–H groups in total. The Hall–Kier alpha value is -1.33. The summed E-state index contributed by atoms with van der Waals surface area (Å²) >= 11 is 0. The van der Waals surface area contributed by atoms with Crippen molar-refractivity contribution in [2.45, 2.75) is 6.92 Å². The van der Waals surface area contributed by atoms with Crippen LogP contribution in [0.4, 0.5) is 5.82 Å². The van der Waals surface area contributed by atoms with Gasteiger partial charge in [0.1, 0.15) is 11.5 Å². The van der Waals surface area contributed by atoms with E-state index in [4.69, 9.17) is 10.5 Å². The number of rotatable bonds is 5. The molecule has 0 atom stereocenters. The number of nitrogens with zero attached hydrogens (tertiary/aromatic N) is 2. The zero-order chi connectivity index (χ0) is 12.0. The van der Waals surface area contributed by atoms with Gasteiger partial charge in [-0.15, -0.1) is 12.4 Å². The van der Waals surface area contributed by atoms with E-state index in [1.54, 1.807) is 30.1 Å². The maximum atomic E-state index is 11.8. The Morgan fingerprint density at radius 3 is 2.82 bits per heavy atom. The largest absolute Gasteiger partial charge is 0.384 e. The lowest BCUT2D eigenvalue weighted by Crippen LogP contribution is -2.30. The minimum atomic E-state index is -0.146. The van der Waals surface area contributed by atoms with Crippen LogP contribution < -0.4 is 5.73 Å². The summed E-state index contributed by atoms with van der Waals surface area (Å²) in [7, 11) is 1.71. The van der Waals surface area contributed by atoms with Crippen LogP contribution >= 0.6 is 12.4 Å². The van der Waals surface area contributed by atoms with Gasteiger partial charge in [-0.2, -0.15) is 0 Å². The van der Waals surface area contributed by atoms with E-state index in [2.05, 4.69) is 4.98 Å². The average molecular weight is 260 g/mol. The molecule has 1 heterocycles. The standard InChI is InChI=1S/C11H17N3O2.ClH/c1-3-16-8-7-14(2)11(15)9-5-4-6-10(12)13-9;/h4-6H,3,7-8H2,1-2H3,(H2,12,13);1H. The fourth-order valence-electron chi connectivity index (χ4n) is 1.21. The van der Waals surface area contributed by atoms with Crippen LogP contribution in [0.1, 0.15) is 17.4 Å². The molecule has 0 saturated carbocycles. The van der Waals surface area contributed by atoms with E-state index in [0.29, 0.717) is 31.3 Å². The molecule has 0 bridgehead atoms. The van der Waals surface area contributed by atoms with E-state index in [-0.39, 0.29) is 18.3 Å². The molecule has 5 nitrogen and oxygen atoms in total. The highest BCUT2D eigenvalue weighted by Gasteiger charge is 2.12. The average Bonchev–Trinajstić information content (AvgIpc) is 2.28. The third-order valence-electron chi connectivity index (χ3n) is 2.11. The monoisotopic (exact) mass is 259 g/mol. The molecule has 0 fully saturated rings. The Kier molecular flexibility index (Phi) is 7.25. The number of amides is 1. The topological polar surface area (TPSA) is 68.5 Å². The lowest BCUT2D eigenvalue weighted by atomic mass is 10.3. The summed E-state index contributed by atoms with van der Waals surface area (Å²) < 4.78 is 5.17. The molecule has 0 aliphatic rings. The molecule has 0 saturated heterocycles. The first-order chi connectivity index (χ1) is 7.65. The molecule has 1 aromatic rings. The van der Waals surface area contributed by atoms with E-state index in [9.17, 15) is 4.79 Å². The minimum absolute atomic E-state index is 0. The van der Waals surface area contributed by atoms with Gasteiger partial charge in [0.25, 0.3) is 5.91 Å². The van der Waals surface area contributed by atoms with Crippen molar-refractivity contribution in [2.24, 2.45) is 0 Å². The van der Waals surface area contributed by atoms with Crippen molar-refractivity contribution in [3.63, 3.8) is 0 Å². The van der Waals surface area contributed by atoms with Crippen LogP contribution in [-0.2, 0) is 4.74 Å². The molecule has 0 aromatic carbocycles. The Morgan fingerprint density at radius 2 is 2.24 bits per heavy atom. The van der Waals surface area contributed by atoms with Crippen molar-refractivity contribution in [1.82, 2.24) is 9.88 Å². The Balaban J connectivity index is 0.00000256. The molecule has 0 unspecified atom stereocenters. The summed E-state index contributed by atoms with van der Waals surface area (Å²) in [6.07, 6.45) is 0. The lowest BCUT2D eigenvalue weighted by molar-refractivity contribution is 0.0705. The molecule has 1 rings (SSSR count). The number of carbonyl (C=O) groups excluding carboxylic acids is 1. The number of hydrogen-bond acceptors (Lipinski definition) is 4. The summed E-state index contributed by atoms with van der Waals surface area (Å²) in [5, 5.41) is 0. The first-order valence-electron chi connectivity index (χ1n) is 5.21. The number of likely N-dealkylation sites (N-methyl/N-ethyl adjacent to an activating group) is 1. The zero-order valence-corrected chi connectivity index (χ0v) is 10.9. The highest BCUT2D eigenvalue weighted by Crippen LogP contribution is 2.03. The van der Waals surface area contributed by atoms with Gasteiger partial charge in [0, 0.05) is 20.2 Å². The van der Waals surface area contributed by atoms with Crippen LogP contribution in [-0.4, -0.2) is 42.6 Å². The Labute approximate surface area is 107 Å². The second-order valence-corrected chi connectivity index (χ2v) is 3.37. The predicted molar refractivity (Wildman–Crippen MR) is 69.4 cm³/mol. The summed E-state index contributed by atoms with van der Waals surface area (Å²) in [6, 6.07) is 5.01. The highest BCUT2D eigenvalue weighted by molar-refractivity contribution is 5.92. The number of ether oxygens (including phenoxy) is 1. The van der Waals surface area contributed by atoms with Crippen LogP contribution in [0, 0.1) is 0 Å². The second-order valence-electron chi connectivity index (χ2n) is 3.37. The van der Waals surface area contributed by atoms with Crippen LogP contribution in [0.15, 0.2) is 18.2 Å². The molecule has 6 heteroatoms. The minimum Gasteiger partial charge on any atom is -0.384 e. The Bertz CT molecular complexity index is 360. The Morgan fingerprint density at radius 1 is 1.53 bits per heavy atom. The van der Waals surface area contributed by atoms with Crippen molar-refractivity contribution >= 4 is 24.1 Å². The van der Waals surface area contributed by atoms with E-state index in [0.717, 1.165) is 0 Å². The number of pyridine rings is 1. The SMILES string of the molecule is CCOCCN(C)C(=O)c1cccc(N)n1.Cl. The van der Waals surface area contributed by atoms with Crippen molar-refractivity contribution in [1.29, 1.82) is 0 Å². The number of nitrogens with two attached hydrogens (primary N) is 1. The molecule has 96 valence electrons. The van der Waals surface area contributed by atoms with Crippen molar-refractivity contribution in [3.8, 4) is 0 Å². The number of halogens is 1. The zero-order valence-electron chi connectivity index (χ0n) is 10.0. The van der Waals surface area contributed by atoms with E-state index >= 15 is 0 Å². The normalized spacial score (nSPS) is 9.53. The molecule has 17 heavy (non-hydrogen) atoms.